The van der Waals surface area contributed by atoms with Crippen molar-refractivity contribution in [3.8, 4) is 5.82 Å². The predicted molar refractivity (Wildman–Crippen MR) is 118 cm³/mol. The monoisotopic (exact) mass is 435 g/mol. The number of hydrogen-bond donors (Lipinski definition) is 1. The average molecular weight is 436 g/mol. The van der Waals surface area contributed by atoms with Crippen LogP contribution in [-0.4, -0.2) is 24.5 Å². The second-order valence-corrected chi connectivity index (χ2v) is 7.79. The Labute approximate surface area is 184 Å². The molecule has 4 aromatic rings. The van der Waals surface area contributed by atoms with Crippen LogP contribution in [0.15, 0.2) is 83.9 Å². The Morgan fingerprint density at radius 3 is 2.73 bits per heavy atom. The fourth-order valence-corrected chi connectivity index (χ4v) is 4.24. The zero-order valence-corrected chi connectivity index (χ0v) is 17.4. The fourth-order valence-electron chi connectivity index (χ4n) is 3.82. The van der Waals surface area contributed by atoms with Crippen molar-refractivity contribution in [3.05, 3.63) is 102 Å². The summed E-state index contributed by atoms with van der Waals surface area (Å²) in [5, 5.41) is 4.71. The number of aromatic nitrogens is 3. The Morgan fingerprint density at radius 1 is 1.07 bits per heavy atom. The van der Waals surface area contributed by atoms with Crippen molar-refractivity contribution in [2.75, 3.05) is 0 Å². The number of hydrogen-bond acceptors (Lipinski definition) is 4. The molecule has 0 aromatic carbocycles. The van der Waals surface area contributed by atoms with E-state index in [2.05, 4.69) is 30.8 Å². The average Bonchev–Trinajstić information content (AvgIpc) is 3.51. The summed E-state index contributed by atoms with van der Waals surface area (Å²) in [4.78, 5) is 11.2. The minimum Gasteiger partial charge on any atom is -0.467 e. The molecule has 6 nitrogen and oxygen atoms in total. The number of rotatable bonds is 5. The van der Waals surface area contributed by atoms with Gasteiger partial charge in [-0.2, -0.15) is 0 Å². The first-order chi connectivity index (χ1) is 14.7. The van der Waals surface area contributed by atoms with Crippen molar-refractivity contribution in [1.29, 1.82) is 0 Å². The number of furan rings is 1. The third-order valence-electron chi connectivity index (χ3n) is 5.15. The summed E-state index contributed by atoms with van der Waals surface area (Å²) < 4.78 is 7.66. The first-order valence-electron chi connectivity index (χ1n) is 9.50. The Hall–Kier alpha value is -3.16. The normalized spacial score (nSPS) is 18.6. The van der Waals surface area contributed by atoms with Crippen molar-refractivity contribution in [3.63, 3.8) is 0 Å². The molecule has 8 heteroatoms. The van der Waals surface area contributed by atoms with Gasteiger partial charge in [0.25, 0.3) is 0 Å². The van der Waals surface area contributed by atoms with Gasteiger partial charge in [0.15, 0.2) is 5.11 Å². The molecule has 30 heavy (non-hydrogen) atoms. The molecular weight excluding hydrogens is 418 g/mol. The maximum absolute atomic E-state index is 6.04. The maximum Gasteiger partial charge on any atom is 0.170 e. The van der Waals surface area contributed by atoms with E-state index in [-0.39, 0.29) is 12.1 Å². The molecule has 0 saturated carbocycles. The van der Waals surface area contributed by atoms with Crippen LogP contribution in [0.2, 0.25) is 5.02 Å². The molecule has 0 radical (unpaired) electrons. The van der Waals surface area contributed by atoms with E-state index in [0.29, 0.717) is 16.7 Å². The first-order valence-corrected chi connectivity index (χ1v) is 10.3. The van der Waals surface area contributed by atoms with Crippen molar-refractivity contribution >= 4 is 28.9 Å². The van der Waals surface area contributed by atoms with Gasteiger partial charge >= 0.3 is 0 Å². The second kappa shape index (κ2) is 7.93. The van der Waals surface area contributed by atoms with E-state index < -0.39 is 0 Å². The van der Waals surface area contributed by atoms with Gasteiger partial charge in [-0.25, -0.2) is 4.98 Å². The summed E-state index contributed by atoms with van der Waals surface area (Å²) in [7, 11) is 0. The topological polar surface area (TPSA) is 59.1 Å². The highest BCUT2D eigenvalue weighted by Crippen LogP contribution is 2.40. The standard InChI is InChI=1S/C22H18ClN5OS/c23-15-8-9-19(25-13-15)27-11-3-7-18(27)21-20(17-6-1-2-10-24-17)26-22(30)28(21)14-16-5-4-12-29-16/h1-13,20-21H,14H2,(H,26,30). The summed E-state index contributed by atoms with van der Waals surface area (Å²) in [5.74, 6) is 1.63. The molecule has 1 saturated heterocycles. The Bertz CT molecular complexity index is 1140. The molecule has 2 unspecified atom stereocenters. The van der Waals surface area contributed by atoms with Gasteiger partial charge in [0.1, 0.15) is 11.6 Å². The number of halogens is 1. The molecule has 0 amide bonds. The Kier molecular flexibility index (Phi) is 4.98. The number of thiocarbonyl (C=S) groups is 1. The second-order valence-electron chi connectivity index (χ2n) is 6.97. The van der Waals surface area contributed by atoms with Crippen LogP contribution in [0.25, 0.3) is 5.82 Å². The molecule has 150 valence electrons. The van der Waals surface area contributed by atoms with Crippen LogP contribution in [0.1, 0.15) is 29.2 Å². The van der Waals surface area contributed by atoms with Crippen LogP contribution >= 0.6 is 23.8 Å². The molecule has 5 rings (SSSR count). The molecule has 4 aromatic heterocycles. The molecule has 1 aliphatic heterocycles. The van der Waals surface area contributed by atoms with Crippen LogP contribution in [0, 0.1) is 0 Å². The lowest BCUT2D eigenvalue weighted by molar-refractivity contribution is 0.280. The molecule has 1 fully saturated rings. The van der Waals surface area contributed by atoms with Crippen LogP contribution in [0.5, 0.6) is 0 Å². The molecule has 1 aliphatic rings. The van der Waals surface area contributed by atoms with Gasteiger partial charge in [-0.15, -0.1) is 0 Å². The number of nitrogens with zero attached hydrogens (tertiary/aromatic N) is 4. The maximum atomic E-state index is 6.04. The Balaban J connectivity index is 1.60. The molecule has 0 bridgehead atoms. The van der Waals surface area contributed by atoms with Crippen LogP contribution < -0.4 is 5.32 Å². The van der Waals surface area contributed by atoms with Gasteiger partial charge in [0.05, 0.1) is 35.6 Å². The van der Waals surface area contributed by atoms with E-state index in [1.165, 1.54) is 0 Å². The van der Waals surface area contributed by atoms with E-state index >= 15 is 0 Å². The molecule has 2 atom stereocenters. The minimum absolute atomic E-state index is 0.107. The highest BCUT2D eigenvalue weighted by atomic mass is 35.5. The van der Waals surface area contributed by atoms with E-state index in [0.717, 1.165) is 23.0 Å². The minimum atomic E-state index is -0.116. The van der Waals surface area contributed by atoms with E-state index in [1.807, 2.05) is 54.7 Å². The van der Waals surface area contributed by atoms with Gasteiger partial charge in [-0.05, 0) is 60.7 Å². The summed E-state index contributed by atoms with van der Waals surface area (Å²) in [6, 6.07) is 17.3. The van der Waals surface area contributed by atoms with Gasteiger partial charge in [-0.1, -0.05) is 17.7 Å². The van der Waals surface area contributed by atoms with Gasteiger partial charge in [0, 0.05) is 24.3 Å². The van der Waals surface area contributed by atoms with E-state index in [4.69, 9.17) is 28.2 Å². The summed E-state index contributed by atoms with van der Waals surface area (Å²) in [5.41, 5.74) is 1.96. The highest BCUT2D eigenvalue weighted by Gasteiger charge is 2.41. The molecule has 0 spiro atoms. The van der Waals surface area contributed by atoms with E-state index in [9.17, 15) is 0 Å². The van der Waals surface area contributed by atoms with Crippen LogP contribution in [0.3, 0.4) is 0 Å². The number of nitrogens with one attached hydrogen (secondary N) is 1. The molecular formula is C22H18ClN5OS. The summed E-state index contributed by atoms with van der Waals surface area (Å²) >= 11 is 11.8. The lowest BCUT2D eigenvalue weighted by Gasteiger charge is -2.28. The fraction of sp³-hybridized carbons (Fsp3) is 0.136. The largest absolute Gasteiger partial charge is 0.467 e. The first kappa shape index (κ1) is 18.8. The summed E-state index contributed by atoms with van der Waals surface area (Å²) in [6.45, 7) is 0.548. The zero-order chi connectivity index (χ0) is 20.5. The Morgan fingerprint density at radius 2 is 2.00 bits per heavy atom. The molecule has 1 N–H and O–H groups in total. The quantitative estimate of drug-likeness (QED) is 0.459. The molecule has 0 aliphatic carbocycles. The van der Waals surface area contributed by atoms with E-state index in [1.54, 1.807) is 18.7 Å². The van der Waals surface area contributed by atoms with Crippen molar-refractivity contribution in [2.45, 2.75) is 18.6 Å². The molecule has 5 heterocycles. The van der Waals surface area contributed by atoms with Crippen molar-refractivity contribution < 1.29 is 4.42 Å². The van der Waals surface area contributed by atoms with Gasteiger partial charge < -0.3 is 19.2 Å². The van der Waals surface area contributed by atoms with Gasteiger partial charge in [-0.3, -0.25) is 4.98 Å². The lowest BCUT2D eigenvalue weighted by Crippen LogP contribution is -2.29. The third-order valence-corrected chi connectivity index (χ3v) is 5.72. The van der Waals surface area contributed by atoms with Crippen LogP contribution in [-0.2, 0) is 6.54 Å². The van der Waals surface area contributed by atoms with Crippen molar-refractivity contribution in [1.82, 2.24) is 24.8 Å². The third kappa shape index (κ3) is 3.46. The highest BCUT2D eigenvalue weighted by molar-refractivity contribution is 7.80. The van der Waals surface area contributed by atoms with Crippen molar-refractivity contribution in [2.24, 2.45) is 0 Å². The van der Waals surface area contributed by atoms with Gasteiger partial charge in [0.2, 0.25) is 0 Å². The summed E-state index contributed by atoms with van der Waals surface area (Å²) in [6.07, 6.45) is 7.11. The SMILES string of the molecule is S=C1NC(c2ccccn2)C(c2cccn2-c2ccc(Cl)cn2)N1Cc1ccco1. The van der Waals surface area contributed by atoms with Crippen LogP contribution in [0.4, 0.5) is 0 Å². The number of pyridine rings is 2. The smallest absolute Gasteiger partial charge is 0.170 e. The lowest BCUT2D eigenvalue weighted by atomic mass is 10.0. The predicted octanol–water partition coefficient (Wildman–Crippen LogP) is 4.69. The zero-order valence-electron chi connectivity index (χ0n) is 15.9.